The average Bonchev–Trinajstić information content (AvgIpc) is 3.37. The van der Waals surface area contributed by atoms with Crippen molar-refractivity contribution >= 4 is 55.0 Å². The molecule has 34 heavy (non-hydrogen) atoms. The van der Waals surface area contributed by atoms with E-state index in [0.29, 0.717) is 44.0 Å². The highest BCUT2D eigenvalue weighted by Crippen LogP contribution is 2.31. The first kappa shape index (κ1) is 23.1. The van der Waals surface area contributed by atoms with E-state index in [4.69, 9.17) is 11.6 Å². The van der Waals surface area contributed by atoms with E-state index in [1.807, 2.05) is 18.2 Å². The second-order valence-electron chi connectivity index (χ2n) is 8.53. The SMILES string of the molecule is O=C(O)N1CCc2ccc(CN3CCC(NS(=O)(=O)c4cc5ccc(Cl)cc5s4)C3=O)cc2C1. The summed E-state index contributed by atoms with van der Waals surface area (Å²) < 4.78 is 29.4. The zero-order valence-electron chi connectivity index (χ0n) is 18.0. The van der Waals surface area contributed by atoms with Crippen LogP contribution in [0.2, 0.25) is 5.02 Å². The van der Waals surface area contributed by atoms with Crippen molar-refractivity contribution in [2.45, 2.75) is 36.2 Å². The minimum absolute atomic E-state index is 0.147. The van der Waals surface area contributed by atoms with Gasteiger partial charge < -0.3 is 14.9 Å². The number of nitrogens with one attached hydrogen (secondary N) is 1. The van der Waals surface area contributed by atoms with Gasteiger partial charge in [0, 0.05) is 35.9 Å². The second kappa shape index (κ2) is 8.84. The molecule has 1 atom stereocenters. The smallest absolute Gasteiger partial charge is 0.407 e. The number of carbonyl (C=O) groups is 2. The van der Waals surface area contributed by atoms with Crippen LogP contribution in [-0.4, -0.2) is 54.5 Å². The quantitative estimate of drug-likeness (QED) is 0.535. The fourth-order valence-electron chi connectivity index (χ4n) is 4.46. The molecule has 0 bridgehead atoms. The fourth-order valence-corrected chi connectivity index (χ4v) is 7.37. The molecule has 2 aliphatic heterocycles. The lowest BCUT2D eigenvalue weighted by Crippen LogP contribution is -2.41. The zero-order chi connectivity index (χ0) is 24.0. The van der Waals surface area contributed by atoms with Crippen LogP contribution >= 0.6 is 22.9 Å². The number of hydrogen-bond donors (Lipinski definition) is 2. The van der Waals surface area contributed by atoms with Gasteiger partial charge in [0.2, 0.25) is 5.91 Å². The number of amides is 2. The van der Waals surface area contributed by atoms with Crippen molar-refractivity contribution in [3.8, 4) is 0 Å². The van der Waals surface area contributed by atoms with Gasteiger partial charge in [-0.1, -0.05) is 35.9 Å². The highest BCUT2D eigenvalue weighted by atomic mass is 35.5. The summed E-state index contributed by atoms with van der Waals surface area (Å²) in [6, 6.07) is 11.8. The maximum atomic E-state index is 13.0. The van der Waals surface area contributed by atoms with Gasteiger partial charge in [0.25, 0.3) is 10.0 Å². The second-order valence-corrected chi connectivity index (χ2v) is 12.0. The average molecular weight is 520 g/mol. The van der Waals surface area contributed by atoms with E-state index in [2.05, 4.69) is 4.72 Å². The molecule has 1 aromatic heterocycles. The van der Waals surface area contributed by atoms with Gasteiger partial charge >= 0.3 is 6.09 Å². The van der Waals surface area contributed by atoms with Crippen LogP contribution in [0.5, 0.6) is 0 Å². The molecule has 2 amide bonds. The topological polar surface area (TPSA) is 107 Å². The summed E-state index contributed by atoms with van der Waals surface area (Å²) in [7, 11) is -3.86. The molecule has 1 fully saturated rings. The van der Waals surface area contributed by atoms with Crippen LogP contribution in [0.4, 0.5) is 4.79 Å². The lowest BCUT2D eigenvalue weighted by atomic mass is 9.97. The molecule has 0 saturated carbocycles. The number of halogens is 1. The Bertz CT molecular complexity index is 1400. The van der Waals surface area contributed by atoms with Gasteiger partial charge in [0.05, 0.1) is 0 Å². The molecule has 0 aliphatic carbocycles. The van der Waals surface area contributed by atoms with Crippen LogP contribution in [0.1, 0.15) is 23.1 Å². The lowest BCUT2D eigenvalue weighted by molar-refractivity contribution is -0.129. The van der Waals surface area contributed by atoms with E-state index < -0.39 is 22.2 Å². The van der Waals surface area contributed by atoms with Crippen molar-refractivity contribution in [2.75, 3.05) is 13.1 Å². The Labute approximate surface area is 205 Å². The van der Waals surface area contributed by atoms with Gasteiger partial charge in [-0.2, -0.15) is 4.72 Å². The van der Waals surface area contributed by atoms with E-state index >= 15 is 0 Å². The van der Waals surface area contributed by atoms with Crippen LogP contribution in [0.3, 0.4) is 0 Å². The third-order valence-corrected chi connectivity index (χ3v) is 9.52. The summed E-state index contributed by atoms with van der Waals surface area (Å²) in [5.74, 6) is -0.266. The molecular formula is C23H22ClN3O5S2. The Morgan fingerprint density at radius 1 is 1.15 bits per heavy atom. The monoisotopic (exact) mass is 519 g/mol. The molecule has 1 unspecified atom stereocenters. The normalized spacial score (nSPS) is 18.5. The van der Waals surface area contributed by atoms with E-state index in [9.17, 15) is 23.1 Å². The molecular weight excluding hydrogens is 498 g/mol. The summed E-state index contributed by atoms with van der Waals surface area (Å²) in [5, 5.41) is 10.6. The molecule has 5 rings (SSSR count). The molecule has 178 valence electrons. The van der Waals surface area contributed by atoms with Crippen LogP contribution in [0, 0.1) is 0 Å². The van der Waals surface area contributed by atoms with E-state index in [-0.39, 0.29) is 10.1 Å². The Morgan fingerprint density at radius 3 is 2.76 bits per heavy atom. The molecule has 2 aliphatic rings. The number of carboxylic acid groups (broad SMARTS) is 1. The minimum Gasteiger partial charge on any atom is -0.465 e. The molecule has 8 nitrogen and oxygen atoms in total. The predicted octanol–water partition coefficient (Wildman–Crippen LogP) is 3.67. The third-order valence-electron chi connectivity index (χ3n) is 6.25. The van der Waals surface area contributed by atoms with Crippen LogP contribution in [0.15, 0.2) is 46.7 Å². The van der Waals surface area contributed by atoms with Crippen molar-refractivity contribution < 1.29 is 23.1 Å². The number of benzene rings is 2. The summed E-state index contributed by atoms with van der Waals surface area (Å²) in [6.07, 6.45) is 0.104. The number of fused-ring (bicyclic) bond motifs is 2. The molecule has 3 heterocycles. The van der Waals surface area contributed by atoms with Gasteiger partial charge in [0.1, 0.15) is 10.3 Å². The largest absolute Gasteiger partial charge is 0.465 e. The fraction of sp³-hybridized carbons (Fsp3) is 0.304. The van der Waals surface area contributed by atoms with Gasteiger partial charge in [-0.05, 0) is 53.1 Å². The molecule has 0 radical (unpaired) electrons. The Kier molecular flexibility index (Phi) is 6.01. The number of nitrogens with zero attached hydrogens (tertiary/aromatic N) is 2. The highest BCUT2D eigenvalue weighted by molar-refractivity contribution is 7.91. The summed E-state index contributed by atoms with van der Waals surface area (Å²) in [4.78, 5) is 27.3. The molecule has 2 N–H and O–H groups in total. The lowest BCUT2D eigenvalue weighted by Gasteiger charge is -2.27. The number of hydrogen-bond acceptors (Lipinski definition) is 5. The number of rotatable bonds is 5. The standard InChI is InChI=1S/C23H22ClN3O5S2/c24-18-4-3-16-10-21(33-20(16)11-18)34(31,32)25-19-6-8-26(22(19)28)12-14-1-2-15-5-7-27(23(29)30)13-17(15)9-14/h1-4,9-11,19,25H,5-8,12-13H2,(H,29,30). The van der Waals surface area contributed by atoms with Crippen LogP contribution < -0.4 is 4.72 Å². The Morgan fingerprint density at radius 2 is 1.97 bits per heavy atom. The van der Waals surface area contributed by atoms with E-state index in [0.717, 1.165) is 38.1 Å². The first-order valence-electron chi connectivity index (χ1n) is 10.8. The minimum atomic E-state index is -3.86. The van der Waals surface area contributed by atoms with Gasteiger partial charge in [-0.25, -0.2) is 13.2 Å². The first-order valence-corrected chi connectivity index (χ1v) is 13.5. The van der Waals surface area contributed by atoms with Gasteiger partial charge in [-0.15, -0.1) is 11.3 Å². The van der Waals surface area contributed by atoms with Gasteiger partial charge in [-0.3, -0.25) is 4.79 Å². The summed E-state index contributed by atoms with van der Waals surface area (Å²) in [6.45, 7) is 1.58. The molecule has 3 aromatic rings. The van der Waals surface area contributed by atoms with Crippen molar-refractivity contribution in [3.63, 3.8) is 0 Å². The number of likely N-dealkylation sites (tertiary alicyclic amines) is 1. The molecule has 2 aromatic carbocycles. The van der Waals surface area contributed by atoms with Crippen molar-refractivity contribution in [1.82, 2.24) is 14.5 Å². The molecule has 0 spiro atoms. The number of carbonyl (C=O) groups excluding carboxylic acids is 1. The summed E-state index contributed by atoms with van der Waals surface area (Å²) >= 11 is 7.12. The van der Waals surface area contributed by atoms with E-state index in [1.54, 1.807) is 29.2 Å². The molecule has 1 saturated heterocycles. The Balaban J connectivity index is 1.27. The maximum absolute atomic E-state index is 13.0. The van der Waals surface area contributed by atoms with Crippen molar-refractivity contribution in [1.29, 1.82) is 0 Å². The number of sulfonamides is 1. The first-order chi connectivity index (χ1) is 16.2. The predicted molar refractivity (Wildman–Crippen MR) is 130 cm³/mol. The number of thiophene rings is 1. The molecule has 11 heteroatoms. The Hall–Kier alpha value is -2.66. The van der Waals surface area contributed by atoms with Crippen LogP contribution in [0.25, 0.3) is 10.1 Å². The maximum Gasteiger partial charge on any atom is 0.407 e. The third kappa shape index (κ3) is 4.50. The van der Waals surface area contributed by atoms with Gasteiger partial charge in [0.15, 0.2) is 0 Å². The van der Waals surface area contributed by atoms with Crippen molar-refractivity contribution in [3.05, 3.63) is 64.2 Å². The zero-order valence-corrected chi connectivity index (χ0v) is 20.4. The van der Waals surface area contributed by atoms with Crippen LogP contribution in [-0.2, 0) is 34.3 Å². The highest BCUT2D eigenvalue weighted by Gasteiger charge is 2.35. The van der Waals surface area contributed by atoms with Crippen molar-refractivity contribution in [2.24, 2.45) is 0 Å². The summed E-state index contributed by atoms with van der Waals surface area (Å²) in [5.41, 5.74) is 2.95. The van der Waals surface area contributed by atoms with E-state index in [1.165, 1.54) is 4.90 Å².